The van der Waals surface area contributed by atoms with Crippen LogP contribution in [0.2, 0.25) is 0 Å². The predicted molar refractivity (Wildman–Crippen MR) is 130 cm³/mol. The minimum atomic E-state index is -4.84. The highest BCUT2D eigenvalue weighted by Crippen LogP contribution is 2.17. The molecule has 2 aliphatic rings. The van der Waals surface area contributed by atoms with E-state index in [4.69, 9.17) is 0 Å². The van der Waals surface area contributed by atoms with E-state index >= 15 is 0 Å². The number of hydrogen-bond acceptors (Lipinski definition) is 10. The molecule has 16 heteroatoms. The van der Waals surface area contributed by atoms with Crippen LogP contribution in [0.5, 0.6) is 0 Å². The first-order chi connectivity index (χ1) is 15.9. The fourth-order valence-corrected chi connectivity index (χ4v) is 7.73. The van der Waals surface area contributed by atoms with Crippen LogP contribution in [-0.2, 0) is 33.3 Å². The number of hydrogen-bond donors (Lipinski definition) is 2. The van der Waals surface area contributed by atoms with Gasteiger partial charge >= 0.3 is 9.75 Å². The highest BCUT2D eigenvalue weighted by molar-refractivity contribution is 7.96. The average Bonchev–Trinajstić information content (AvgIpc) is 3.23. The predicted octanol–water partition coefficient (Wildman–Crippen LogP) is -1.97. The third-order valence-electron chi connectivity index (χ3n) is 5.20. The molecule has 0 radical (unpaired) electrons. The average molecular weight is 547 g/mol. The van der Waals surface area contributed by atoms with Crippen molar-refractivity contribution in [3.05, 3.63) is 39.1 Å². The second-order valence-corrected chi connectivity index (χ2v) is 11.9. The van der Waals surface area contributed by atoms with Crippen molar-refractivity contribution in [3.8, 4) is 0 Å². The molecule has 0 fully saturated rings. The Hall–Kier alpha value is -2.50. The first-order valence-electron chi connectivity index (χ1n) is 9.85. The Kier molecular flexibility index (Phi) is 6.24. The van der Waals surface area contributed by atoms with Gasteiger partial charge in [-0.3, -0.25) is 27.8 Å². The molecule has 0 unspecified atom stereocenters. The molecule has 0 aromatic carbocycles. The molecule has 0 bridgehead atoms. The number of aromatic nitrogens is 2. The molecule has 0 atom stereocenters. The normalized spacial score (nSPS) is 18.6. The second kappa shape index (κ2) is 8.62. The summed E-state index contributed by atoms with van der Waals surface area (Å²) in [6.45, 7) is 3.56. The third kappa shape index (κ3) is 4.09. The van der Waals surface area contributed by atoms with Gasteiger partial charge in [0, 0.05) is 25.9 Å². The van der Waals surface area contributed by atoms with E-state index in [1.54, 1.807) is 26.0 Å². The monoisotopic (exact) mass is 546 g/mol. The number of nitrogens with zero attached hydrogens (tertiary/aromatic N) is 4. The second-order valence-electron chi connectivity index (χ2n) is 7.17. The molecule has 0 spiro atoms. The van der Waals surface area contributed by atoms with Gasteiger partial charge in [0.05, 0.1) is 31.2 Å². The van der Waals surface area contributed by atoms with Gasteiger partial charge in [0.2, 0.25) is 0 Å². The molecule has 2 N–H and O–H groups in total. The summed E-state index contributed by atoms with van der Waals surface area (Å²) in [7, 11) is -9.68. The highest BCUT2D eigenvalue weighted by Gasteiger charge is 2.29. The van der Waals surface area contributed by atoms with Crippen molar-refractivity contribution < 1.29 is 25.9 Å². The van der Waals surface area contributed by atoms with Gasteiger partial charge in [-0.05, 0) is 13.8 Å². The molecule has 2 heterocycles. The summed E-state index contributed by atoms with van der Waals surface area (Å²) in [6, 6.07) is 0. The Bertz CT molecular complexity index is 1730. The van der Waals surface area contributed by atoms with E-state index in [2.05, 4.69) is 10.2 Å². The highest BCUT2D eigenvalue weighted by atomic mass is 32.2. The van der Waals surface area contributed by atoms with Gasteiger partial charge in [-0.2, -0.15) is 27.0 Å². The van der Waals surface area contributed by atoms with Crippen LogP contribution < -0.4 is 29.5 Å². The van der Waals surface area contributed by atoms with Gasteiger partial charge in [0.15, 0.2) is 0 Å². The van der Waals surface area contributed by atoms with Crippen LogP contribution in [0.1, 0.15) is 26.7 Å². The van der Waals surface area contributed by atoms with Crippen LogP contribution in [0.15, 0.2) is 19.8 Å². The van der Waals surface area contributed by atoms with Gasteiger partial charge in [-0.25, -0.2) is 0 Å². The van der Waals surface area contributed by atoms with E-state index in [1.165, 1.54) is 9.13 Å². The zero-order valence-corrected chi connectivity index (χ0v) is 21.0. The van der Waals surface area contributed by atoms with Crippen molar-refractivity contribution in [2.75, 3.05) is 0 Å². The maximum atomic E-state index is 12.2. The lowest BCUT2D eigenvalue weighted by Gasteiger charge is -2.12. The van der Waals surface area contributed by atoms with Gasteiger partial charge in [0.25, 0.3) is 20.2 Å². The van der Waals surface area contributed by atoms with Gasteiger partial charge in [-0.15, -0.1) is 0 Å². The van der Waals surface area contributed by atoms with Crippen molar-refractivity contribution in [1.82, 2.24) is 9.13 Å². The molecular formula is C18H18N4O8S4. The first-order valence-corrected chi connectivity index (χ1v) is 14.4. The molecule has 0 saturated carbocycles. The van der Waals surface area contributed by atoms with Crippen LogP contribution in [0.25, 0.3) is 22.0 Å². The molecule has 2 aromatic heterocycles. The summed E-state index contributed by atoms with van der Waals surface area (Å²) >= 11 is 1.65. The largest absolute Gasteiger partial charge is 0.308 e. The third-order valence-corrected chi connectivity index (χ3v) is 9.04. The molecule has 0 saturated heterocycles. The smallest absolute Gasteiger partial charge is 0.297 e. The molecule has 182 valence electrons. The van der Waals surface area contributed by atoms with Crippen LogP contribution in [0.3, 0.4) is 0 Å². The van der Waals surface area contributed by atoms with E-state index in [0.29, 0.717) is 9.06 Å². The molecule has 2 aliphatic carbocycles. The van der Waals surface area contributed by atoms with Crippen molar-refractivity contribution in [2.24, 2.45) is 10.2 Å². The van der Waals surface area contributed by atoms with Crippen LogP contribution >= 0.6 is 22.7 Å². The van der Waals surface area contributed by atoms with E-state index in [0.717, 1.165) is 22.7 Å². The maximum absolute atomic E-state index is 12.2. The number of rotatable bonds is 5. The Balaban J connectivity index is 2.04. The standard InChI is InChI=1S/C18H18N4O8S4/c1-3-21-13-11(31-17(21)23)7-5-9(15(13)33(25,26)27)19-20-10-6-8-12-14(16(10)34(28,29)30)22(4-2)18(24)32-12/h7-8H,3-6H2,1-2H3,(H,25,26,27)(H,28,29,30). The molecule has 0 amide bonds. The summed E-state index contributed by atoms with van der Waals surface area (Å²) < 4.78 is 71.9. The fraction of sp³-hybridized carbons (Fsp3) is 0.333. The molecule has 12 nitrogen and oxygen atoms in total. The van der Waals surface area contributed by atoms with Gasteiger partial charge in [0.1, 0.15) is 9.81 Å². The summed E-state index contributed by atoms with van der Waals surface area (Å²) in [4.78, 5) is 22.4. The van der Waals surface area contributed by atoms with Crippen LogP contribution in [0, 0.1) is 0 Å². The summed E-state index contributed by atoms with van der Waals surface area (Å²) in [5.41, 5.74) is -0.414. The summed E-state index contributed by atoms with van der Waals surface area (Å²) in [5, 5.41) is 7.82. The van der Waals surface area contributed by atoms with Gasteiger partial charge < -0.3 is 0 Å². The van der Waals surface area contributed by atoms with E-state index < -0.39 is 39.8 Å². The molecule has 2 aromatic rings. The lowest BCUT2D eigenvalue weighted by Crippen LogP contribution is -2.40. The quantitative estimate of drug-likeness (QED) is 0.320. The lowest BCUT2D eigenvalue weighted by molar-refractivity contribution is 0.494. The number of thiazole rings is 2. The van der Waals surface area contributed by atoms with E-state index in [9.17, 15) is 35.5 Å². The fourth-order valence-electron chi connectivity index (χ4n) is 3.84. The van der Waals surface area contributed by atoms with E-state index in [1.807, 2.05) is 0 Å². The molecule has 0 aliphatic heterocycles. The van der Waals surface area contributed by atoms with Gasteiger partial charge in [-0.1, -0.05) is 34.8 Å². The Morgan fingerprint density at radius 2 is 1.15 bits per heavy atom. The first kappa shape index (κ1) is 24.6. The molecule has 4 rings (SSSR count). The van der Waals surface area contributed by atoms with Crippen molar-refractivity contribution in [3.63, 3.8) is 0 Å². The minimum absolute atomic E-state index is 0.0145. The van der Waals surface area contributed by atoms with Crippen molar-refractivity contribution >= 4 is 76.3 Å². The maximum Gasteiger partial charge on any atom is 0.308 e. The topological polar surface area (TPSA) is 177 Å². The Labute approximate surface area is 200 Å². The van der Waals surface area contributed by atoms with E-state index in [-0.39, 0.29) is 48.1 Å². The SMILES string of the molecule is CCn1c(=O)sc2c1=C(S(=O)(=O)O)C(=NN=C1CC=c3sc(=O)n(CC)c3=C1S(=O)(=O)O)CC=2. The Morgan fingerprint density at radius 3 is 1.44 bits per heavy atom. The van der Waals surface area contributed by atoms with Crippen molar-refractivity contribution in [2.45, 2.75) is 39.8 Å². The van der Waals surface area contributed by atoms with Crippen LogP contribution in [-0.4, -0.2) is 46.5 Å². The van der Waals surface area contributed by atoms with Crippen LogP contribution in [0.4, 0.5) is 0 Å². The number of fused-ring (bicyclic) bond motifs is 2. The summed E-state index contributed by atoms with van der Waals surface area (Å²) in [5.74, 6) is 0. The zero-order chi connectivity index (χ0) is 25.0. The minimum Gasteiger partial charge on any atom is -0.297 e. The van der Waals surface area contributed by atoms with Crippen molar-refractivity contribution in [1.29, 1.82) is 0 Å². The Morgan fingerprint density at radius 1 is 0.794 bits per heavy atom. The molecular weight excluding hydrogens is 528 g/mol. The zero-order valence-electron chi connectivity index (χ0n) is 17.7. The summed E-state index contributed by atoms with van der Waals surface area (Å²) in [6.07, 6.45) is 2.93. The molecule has 34 heavy (non-hydrogen) atoms. The lowest BCUT2D eigenvalue weighted by atomic mass is 10.1.